The first-order chi connectivity index (χ1) is 14.1. The monoisotopic (exact) mass is 427 g/mol. The molecule has 0 aliphatic rings. The summed E-state index contributed by atoms with van der Waals surface area (Å²) in [6, 6.07) is 4.73. The second-order valence-corrected chi connectivity index (χ2v) is 6.51. The van der Waals surface area contributed by atoms with Crippen LogP contribution in [-0.2, 0) is 11.3 Å². The number of hydrogen-bond acceptors (Lipinski definition) is 4. The van der Waals surface area contributed by atoms with Gasteiger partial charge in [0.05, 0.1) is 0 Å². The van der Waals surface area contributed by atoms with E-state index in [0.29, 0.717) is 22.1 Å². The summed E-state index contributed by atoms with van der Waals surface area (Å²) in [4.78, 5) is 23.7. The van der Waals surface area contributed by atoms with Crippen LogP contribution in [0.5, 0.6) is 5.75 Å². The fraction of sp³-hybridized carbons (Fsp3) is 0.200. The van der Waals surface area contributed by atoms with Gasteiger partial charge in [-0.05, 0) is 36.6 Å². The number of benzene rings is 2. The van der Waals surface area contributed by atoms with E-state index in [-0.39, 0.29) is 6.54 Å². The van der Waals surface area contributed by atoms with E-state index in [1.54, 1.807) is 13.0 Å². The lowest BCUT2D eigenvalue weighted by atomic mass is 10.0. The minimum Gasteiger partial charge on any atom is -0.477 e. The third-order valence-corrected chi connectivity index (χ3v) is 4.25. The number of hydrogen-bond donors (Lipinski definition) is 1. The SMILES string of the molecule is Cc1cc(C)c2oc(=O)cc(CNC(=O)COc3c(F)c(F)c(F)c(F)c3F)c2c1. The third kappa shape index (κ3) is 3.98. The van der Waals surface area contributed by atoms with Gasteiger partial charge in [-0.25, -0.2) is 18.0 Å². The van der Waals surface area contributed by atoms with Crippen molar-refractivity contribution in [3.05, 3.63) is 74.4 Å². The second-order valence-electron chi connectivity index (χ2n) is 6.51. The van der Waals surface area contributed by atoms with Crippen LogP contribution < -0.4 is 15.7 Å². The molecule has 0 aliphatic heterocycles. The van der Waals surface area contributed by atoms with Gasteiger partial charge in [0.1, 0.15) is 5.58 Å². The molecule has 1 N–H and O–H groups in total. The fourth-order valence-electron chi connectivity index (χ4n) is 2.92. The Hall–Kier alpha value is -3.43. The van der Waals surface area contributed by atoms with E-state index in [2.05, 4.69) is 10.1 Å². The molecule has 0 unspecified atom stereocenters. The topological polar surface area (TPSA) is 68.5 Å². The maximum absolute atomic E-state index is 13.6. The number of nitrogens with one attached hydrogen (secondary N) is 1. The summed E-state index contributed by atoms with van der Waals surface area (Å²) in [5.74, 6) is -13.5. The summed E-state index contributed by atoms with van der Waals surface area (Å²) >= 11 is 0. The van der Waals surface area contributed by atoms with Crippen molar-refractivity contribution >= 4 is 16.9 Å². The normalized spacial score (nSPS) is 11.0. The summed E-state index contributed by atoms with van der Waals surface area (Å²) < 4.78 is 76.2. The molecule has 158 valence electrons. The van der Waals surface area contributed by atoms with E-state index >= 15 is 0 Å². The molecule has 0 saturated carbocycles. The highest BCUT2D eigenvalue weighted by Gasteiger charge is 2.27. The highest BCUT2D eigenvalue weighted by atomic mass is 19.2. The highest BCUT2D eigenvalue weighted by molar-refractivity contribution is 5.84. The lowest BCUT2D eigenvalue weighted by Gasteiger charge is -2.12. The van der Waals surface area contributed by atoms with Crippen LogP contribution in [-0.4, -0.2) is 12.5 Å². The molecule has 5 nitrogen and oxygen atoms in total. The maximum Gasteiger partial charge on any atom is 0.336 e. The van der Waals surface area contributed by atoms with Crippen molar-refractivity contribution in [1.82, 2.24) is 5.32 Å². The molecule has 30 heavy (non-hydrogen) atoms. The van der Waals surface area contributed by atoms with Gasteiger partial charge in [0.2, 0.25) is 29.1 Å². The number of rotatable bonds is 5. The van der Waals surface area contributed by atoms with Gasteiger partial charge in [-0.1, -0.05) is 6.07 Å². The van der Waals surface area contributed by atoms with Crippen LogP contribution in [0.2, 0.25) is 0 Å². The van der Waals surface area contributed by atoms with E-state index in [0.717, 1.165) is 5.56 Å². The molecule has 1 aromatic heterocycles. The molecule has 10 heteroatoms. The van der Waals surface area contributed by atoms with Gasteiger partial charge in [-0.15, -0.1) is 0 Å². The molecule has 0 radical (unpaired) electrons. The van der Waals surface area contributed by atoms with Crippen LogP contribution in [0.25, 0.3) is 11.0 Å². The van der Waals surface area contributed by atoms with Crippen molar-refractivity contribution in [3.8, 4) is 5.75 Å². The standard InChI is InChI=1S/C20H14F5NO4/c1-8-3-9(2)19-11(4-8)10(5-13(28)30-19)6-26-12(27)7-29-20-17(24)15(22)14(21)16(23)18(20)25/h3-5H,6-7H2,1-2H3,(H,26,27). The van der Waals surface area contributed by atoms with E-state index in [1.807, 2.05) is 13.0 Å². The minimum atomic E-state index is -2.33. The lowest BCUT2D eigenvalue weighted by Crippen LogP contribution is -2.29. The Kier molecular flexibility index (Phi) is 5.77. The van der Waals surface area contributed by atoms with Crippen LogP contribution in [0.4, 0.5) is 22.0 Å². The Labute approximate surface area is 166 Å². The molecule has 1 heterocycles. The third-order valence-electron chi connectivity index (χ3n) is 4.25. The van der Waals surface area contributed by atoms with Gasteiger partial charge in [0, 0.05) is 18.0 Å². The number of aryl methyl sites for hydroxylation is 2. The van der Waals surface area contributed by atoms with Crippen molar-refractivity contribution in [2.45, 2.75) is 20.4 Å². The van der Waals surface area contributed by atoms with E-state index < -0.39 is 53.0 Å². The summed E-state index contributed by atoms with van der Waals surface area (Å²) in [5, 5.41) is 2.93. The molecular formula is C20H14F5NO4. The average molecular weight is 427 g/mol. The zero-order valence-corrected chi connectivity index (χ0v) is 15.7. The van der Waals surface area contributed by atoms with Crippen LogP contribution >= 0.6 is 0 Å². The second kappa shape index (κ2) is 8.13. The molecule has 1 amide bonds. The minimum absolute atomic E-state index is 0.162. The van der Waals surface area contributed by atoms with Crippen LogP contribution in [0, 0.1) is 42.9 Å². The van der Waals surface area contributed by atoms with Crippen molar-refractivity contribution in [2.24, 2.45) is 0 Å². The zero-order valence-electron chi connectivity index (χ0n) is 15.7. The quantitative estimate of drug-likeness (QED) is 0.291. The molecule has 0 atom stereocenters. The van der Waals surface area contributed by atoms with Crippen LogP contribution in [0.3, 0.4) is 0 Å². The predicted molar refractivity (Wildman–Crippen MR) is 95.5 cm³/mol. The fourth-order valence-corrected chi connectivity index (χ4v) is 2.92. The molecule has 0 fully saturated rings. The van der Waals surface area contributed by atoms with Gasteiger partial charge >= 0.3 is 5.63 Å². The highest BCUT2D eigenvalue weighted by Crippen LogP contribution is 2.29. The van der Waals surface area contributed by atoms with E-state index in [4.69, 9.17) is 4.42 Å². The average Bonchev–Trinajstić information content (AvgIpc) is 2.69. The summed E-state index contributed by atoms with van der Waals surface area (Å²) in [5.41, 5.74) is 1.71. The molecule has 3 rings (SSSR count). The molecule has 0 aliphatic carbocycles. The molecule has 0 bridgehead atoms. The summed E-state index contributed by atoms with van der Waals surface area (Å²) in [6.07, 6.45) is 0. The Morgan fingerprint density at radius 3 is 2.20 bits per heavy atom. The molecule has 2 aromatic carbocycles. The first-order valence-corrected chi connectivity index (χ1v) is 8.55. The Balaban J connectivity index is 1.76. The number of carbonyl (C=O) groups excluding carboxylic acids is 1. The molecule has 0 saturated heterocycles. The van der Waals surface area contributed by atoms with E-state index in [9.17, 15) is 31.5 Å². The largest absolute Gasteiger partial charge is 0.477 e. The van der Waals surface area contributed by atoms with E-state index in [1.165, 1.54) is 6.07 Å². The van der Waals surface area contributed by atoms with Gasteiger partial charge in [-0.3, -0.25) is 4.79 Å². The van der Waals surface area contributed by atoms with Crippen molar-refractivity contribution in [3.63, 3.8) is 0 Å². The van der Waals surface area contributed by atoms with Crippen molar-refractivity contribution < 1.29 is 35.9 Å². The summed E-state index contributed by atoms with van der Waals surface area (Å²) in [7, 11) is 0. The number of amides is 1. The number of ether oxygens (including phenoxy) is 1. The van der Waals surface area contributed by atoms with Crippen LogP contribution in [0.15, 0.2) is 27.4 Å². The lowest BCUT2D eigenvalue weighted by molar-refractivity contribution is -0.123. The Morgan fingerprint density at radius 1 is 0.967 bits per heavy atom. The first-order valence-electron chi connectivity index (χ1n) is 8.55. The predicted octanol–water partition coefficient (Wildman–Crippen LogP) is 3.80. The zero-order chi connectivity index (χ0) is 22.2. The summed E-state index contributed by atoms with van der Waals surface area (Å²) in [6.45, 7) is 2.40. The maximum atomic E-state index is 13.6. The molecular weight excluding hydrogens is 413 g/mol. The first kappa shape index (κ1) is 21.3. The molecule has 3 aromatic rings. The smallest absolute Gasteiger partial charge is 0.336 e. The van der Waals surface area contributed by atoms with Gasteiger partial charge in [0.25, 0.3) is 5.91 Å². The number of halogens is 5. The van der Waals surface area contributed by atoms with Crippen molar-refractivity contribution in [2.75, 3.05) is 6.61 Å². The van der Waals surface area contributed by atoms with Crippen LogP contribution in [0.1, 0.15) is 16.7 Å². The molecule has 0 spiro atoms. The van der Waals surface area contributed by atoms with Crippen molar-refractivity contribution in [1.29, 1.82) is 0 Å². The van der Waals surface area contributed by atoms with Gasteiger partial charge < -0.3 is 14.5 Å². The number of carbonyl (C=O) groups is 1. The Morgan fingerprint density at radius 2 is 1.57 bits per heavy atom. The van der Waals surface area contributed by atoms with Gasteiger partial charge in [-0.2, -0.15) is 8.78 Å². The number of fused-ring (bicyclic) bond motifs is 1. The Bertz CT molecular complexity index is 1190. The van der Waals surface area contributed by atoms with Gasteiger partial charge in [0.15, 0.2) is 12.4 Å².